The molecule has 0 bridgehead atoms. The van der Waals surface area contributed by atoms with E-state index in [0.717, 1.165) is 5.56 Å². The van der Waals surface area contributed by atoms with Crippen molar-refractivity contribution < 1.29 is 14.0 Å². The number of amides is 1. The Kier molecular flexibility index (Phi) is 2.90. The van der Waals surface area contributed by atoms with Crippen LogP contribution in [0.1, 0.15) is 29.8 Å². The Balaban J connectivity index is 2.24. The van der Waals surface area contributed by atoms with Crippen LogP contribution < -0.4 is 4.90 Å². The van der Waals surface area contributed by atoms with Gasteiger partial charge in [0.15, 0.2) is 0 Å². The number of nitrogens with zero attached hydrogens (tertiary/aromatic N) is 1. The average Bonchev–Trinajstić information content (AvgIpc) is 2.68. The van der Waals surface area contributed by atoms with E-state index in [9.17, 15) is 14.0 Å². The molecule has 0 unspecified atom stereocenters. The van der Waals surface area contributed by atoms with E-state index in [1.54, 1.807) is 6.07 Å². The largest absolute Gasteiger partial charge is 0.298 e. The first-order chi connectivity index (χ1) is 9.96. The first-order valence-corrected chi connectivity index (χ1v) is 6.65. The summed E-state index contributed by atoms with van der Waals surface area (Å²) in [5.41, 5.74) is 1.24. The van der Waals surface area contributed by atoms with E-state index in [2.05, 4.69) is 0 Å². The Hall–Kier alpha value is -2.49. The van der Waals surface area contributed by atoms with Gasteiger partial charge in [-0.1, -0.05) is 18.2 Å². The van der Waals surface area contributed by atoms with Crippen LogP contribution in [-0.2, 0) is 10.2 Å². The molecule has 1 heterocycles. The summed E-state index contributed by atoms with van der Waals surface area (Å²) in [6.45, 7) is 3.63. The molecule has 4 heteroatoms. The van der Waals surface area contributed by atoms with Crippen LogP contribution >= 0.6 is 0 Å². The van der Waals surface area contributed by atoms with Crippen molar-refractivity contribution in [2.75, 3.05) is 4.90 Å². The first-order valence-electron chi connectivity index (χ1n) is 6.65. The molecule has 0 fully saturated rings. The third-order valence-corrected chi connectivity index (χ3v) is 3.90. The molecule has 3 nitrogen and oxygen atoms in total. The minimum absolute atomic E-state index is 0.114. The monoisotopic (exact) mass is 283 g/mol. The minimum atomic E-state index is -0.722. The number of benzene rings is 2. The van der Waals surface area contributed by atoms with Crippen LogP contribution in [0, 0.1) is 5.82 Å². The lowest BCUT2D eigenvalue weighted by atomic mass is 9.86. The Morgan fingerprint density at radius 1 is 1.10 bits per heavy atom. The molecule has 0 atom stereocenters. The molecule has 2 aromatic carbocycles. The van der Waals surface area contributed by atoms with Crippen LogP contribution in [0.5, 0.6) is 0 Å². The zero-order valence-electron chi connectivity index (χ0n) is 11.8. The number of fused-ring (bicyclic) bond motifs is 1. The van der Waals surface area contributed by atoms with Gasteiger partial charge in [0.2, 0.25) is 5.91 Å². The standard InChI is InChI=1S/C17H14FNO2/c1-17(2)12-5-3-4-6-14(12)19(16(17)21)15-9-11(10-20)7-8-13(15)18/h3-10H,1-2H3. The molecule has 0 spiro atoms. The Morgan fingerprint density at radius 3 is 2.52 bits per heavy atom. The van der Waals surface area contributed by atoms with Gasteiger partial charge in [-0.3, -0.25) is 14.5 Å². The SMILES string of the molecule is CC1(C)C(=O)N(c2cc(C=O)ccc2F)c2ccccc21. The van der Waals surface area contributed by atoms with E-state index in [1.165, 1.54) is 23.1 Å². The van der Waals surface area contributed by atoms with Crippen LogP contribution in [0.2, 0.25) is 0 Å². The Morgan fingerprint density at radius 2 is 1.81 bits per heavy atom. The number of carbonyl (C=O) groups is 2. The zero-order chi connectivity index (χ0) is 15.2. The molecule has 0 aliphatic carbocycles. The van der Waals surface area contributed by atoms with Crippen LogP contribution in [-0.4, -0.2) is 12.2 Å². The molecule has 0 N–H and O–H groups in total. The fourth-order valence-electron chi connectivity index (χ4n) is 2.71. The molecule has 0 saturated carbocycles. The van der Waals surface area contributed by atoms with Crippen molar-refractivity contribution >= 4 is 23.6 Å². The second-order valence-electron chi connectivity index (χ2n) is 5.61. The second kappa shape index (κ2) is 4.52. The maximum absolute atomic E-state index is 14.2. The third-order valence-electron chi connectivity index (χ3n) is 3.90. The highest BCUT2D eigenvalue weighted by Gasteiger charge is 2.44. The third kappa shape index (κ3) is 1.87. The normalized spacial score (nSPS) is 16.0. The van der Waals surface area contributed by atoms with Crippen molar-refractivity contribution in [2.45, 2.75) is 19.3 Å². The van der Waals surface area contributed by atoms with Crippen molar-refractivity contribution in [3.05, 3.63) is 59.4 Å². The van der Waals surface area contributed by atoms with Gasteiger partial charge in [0, 0.05) is 5.56 Å². The van der Waals surface area contributed by atoms with Gasteiger partial charge in [0.1, 0.15) is 12.1 Å². The number of anilines is 2. The summed E-state index contributed by atoms with van der Waals surface area (Å²) in [6, 6.07) is 11.3. The molecule has 1 aliphatic heterocycles. The number of hydrogen-bond donors (Lipinski definition) is 0. The summed E-state index contributed by atoms with van der Waals surface area (Å²) >= 11 is 0. The van der Waals surface area contributed by atoms with Crippen LogP contribution in [0.15, 0.2) is 42.5 Å². The molecule has 0 saturated heterocycles. The van der Waals surface area contributed by atoms with E-state index >= 15 is 0 Å². The molecule has 1 aliphatic rings. The fraction of sp³-hybridized carbons (Fsp3) is 0.176. The minimum Gasteiger partial charge on any atom is -0.298 e. The van der Waals surface area contributed by atoms with E-state index in [0.29, 0.717) is 17.5 Å². The average molecular weight is 283 g/mol. The van der Waals surface area contributed by atoms with Gasteiger partial charge >= 0.3 is 0 Å². The van der Waals surface area contributed by atoms with Crippen molar-refractivity contribution in [1.82, 2.24) is 0 Å². The highest BCUT2D eigenvalue weighted by Crippen LogP contribution is 2.45. The highest BCUT2D eigenvalue weighted by atomic mass is 19.1. The van der Waals surface area contributed by atoms with E-state index in [1.807, 2.05) is 32.0 Å². The van der Waals surface area contributed by atoms with Gasteiger partial charge < -0.3 is 0 Å². The van der Waals surface area contributed by atoms with Gasteiger partial charge in [0.05, 0.1) is 16.8 Å². The number of carbonyl (C=O) groups excluding carboxylic acids is 2. The van der Waals surface area contributed by atoms with E-state index in [4.69, 9.17) is 0 Å². The molecule has 0 radical (unpaired) electrons. The Labute approximate surface area is 122 Å². The predicted octanol–water partition coefficient (Wildman–Crippen LogP) is 3.59. The van der Waals surface area contributed by atoms with Crippen molar-refractivity contribution in [3.63, 3.8) is 0 Å². The van der Waals surface area contributed by atoms with Crippen molar-refractivity contribution in [2.24, 2.45) is 0 Å². The lowest BCUT2D eigenvalue weighted by Crippen LogP contribution is -2.33. The lowest BCUT2D eigenvalue weighted by Gasteiger charge is -2.21. The summed E-state index contributed by atoms with van der Waals surface area (Å²) < 4.78 is 14.2. The number of rotatable bonds is 2. The summed E-state index contributed by atoms with van der Waals surface area (Å²) in [6.07, 6.45) is 0.639. The van der Waals surface area contributed by atoms with E-state index < -0.39 is 11.2 Å². The number of para-hydroxylation sites is 1. The van der Waals surface area contributed by atoms with Gasteiger partial charge in [-0.05, 0) is 43.7 Å². The van der Waals surface area contributed by atoms with Gasteiger partial charge in [-0.15, -0.1) is 0 Å². The number of halogens is 1. The van der Waals surface area contributed by atoms with E-state index in [-0.39, 0.29) is 11.6 Å². The van der Waals surface area contributed by atoms with Gasteiger partial charge in [0.25, 0.3) is 0 Å². The molecule has 2 aromatic rings. The predicted molar refractivity (Wildman–Crippen MR) is 78.4 cm³/mol. The quantitative estimate of drug-likeness (QED) is 0.790. The number of hydrogen-bond acceptors (Lipinski definition) is 2. The maximum Gasteiger partial charge on any atom is 0.241 e. The van der Waals surface area contributed by atoms with Crippen LogP contribution in [0.25, 0.3) is 0 Å². The first kappa shape index (κ1) is 13.5. The molecule has 3 rings (SSSR count). The van der Waals surface area contributed by atoms with Crippen molar-refractivity contribution in [1.29, 1.82) is 0 Å². The lowest BCUT2D eigenvalue weighted by molar-refractivity contribution is -0.121. The fourth-order valence-corrected chi connectivity index (χ4v) is 2.71. The maximum atomic E-state index is 14.2. The highest BCUT2D eigenvalue weighted by molar-refractivity contribution is 6.12. The smallest absolute Gasteiger partial charge is 0.241 e. The summed E-state index contributed by atoms with van der Waals surface area (Å²) in [4.78, 5) is 25.0. The molecule has 1 amide bonds. The molecule has 0 aromatic heterocycles. The molecular weight excluding hydrogens is 269 g/mol. The Bertz CT molecular complexity index is 752. The summed E-state index contributed by atoms with van der Waals surface area (Å²) in [5, 5.41) is 0. The molecular formula is C17H14FNO2. The summed E-state index contributed by atoms with van der Waals surface area (Å²) in [5.74, 6) is -0.730. The van der Waals surface area contributed by atoms with Crippen LogP contribution in [0.3, 0.4) is 0 Å². The molecule has 106 valence electrons. The number of aldehydes is 1. The zero-order valence-corrected chi connectivity index (χ0v) is 11.8. The summed E-state index contributed by atoms with van der Waals surface area (Å²) in [7, 11) is 0. The topological polar surface area (TPSA) is 37.4 Å². The van der Waals surface area contributed by atoms with Crippen LogP contribution in [0.4, 0.5) is 15.8 Å². The molecule has 21 heavy (non-hydrogen) atoms. The van der Waals surface area contributed by atoms with Crippen molar-refractivity contribution in [3.8, 4) is 0 Å². The second-order valence-corrected chi connectivity index (χ2v) is 5.61. The van der Waals surface area contributed by atoms with Gasteiger partial charge in [-0.25, -0.2) is 4.39 Å². The van der Waals surface area contributed by atoms with Gasteiger partial charge in [-0.2, -0.15) is 0 Å².